The molecule has 2 N–H and O–H groups in total. The predicted molar refractivity (Wildman–Crippen MR) is 174 cm³/mol. The maximum Gasteiger partial charge on any atom is 0.332 e. The number of aromatic nitrogens is 4. The Kier molecular flexibility index (Phi) is 10.8. The number of methoxy groups -OCH3 is 3. The van der Waals surface area contributed by atoms with E-state index in [1.807, 2.05) is 31.2 Å². The van der Waals surface area contributed by atoms with Gasteiger partial charge in [-0.2, -0.15) is 0 Å². The Morgan fingerprint density at radius 1 is 0.978 bits per heavy atom. The van der Waals surface area contributed by atoms with Crippen LogP contribution in [0, 0.1) is 0 Å². The van der Waals surface area contributed by atoms with Gasteiger partial charge in [-0.3, -0.25) is 24.0 Å². The van der Waals surface area contributed by atoms with E-state index in [-0.39, 0.29) is 17.8 Å². The quantitative estimate of drug-likeness (QED) is 0.137. The highest BCUT2D eigenvalue weighted by molar-refractivity contribution is 5.70. The molecule has 1 aliphatic rings. The molecule has 0 bridgehead atoms. The zero-order valence-corrected chi connectivity index (χ0v) is 27.0. The molecule has 0 spiro atoms. The van der Waals surface area contributed by atoms with Gasteiger partial charge in [-0.1, -0.05) is 31.9 Å². The summed E-state index contributed by atoms with van der Waals surface area (Å²) < 4.78 is 25.1. The first-order chi connectivity index (χ1) is 22.4. The van der Waals surface area contributed by atoms with Crippen LogP contribution >= 0.6 is 0 Å². The van der Waals surface area contributed by atoms with Crippen molar-refractivity contribution in [3.05, 3.63) is 74.2 Å². The number of hydrogen-bond acceptors (Lipinski definition) is 9. The third-order valence-corrected chi connectivity index (χ3v) is 8.52. The number of fused-ring (bicyclic) bond motifs is 1. The highest BCUT2D eigenvalue weighted by Crippen LogP contribution is 2.34. The largest absolute Gasteiger partial charge is 0.496 e. The summed E-state index contributed by atoms with van der Waals surface area (Å²) in [5.74, 6) is 3.36. The van der Waals surface area contributed by atoms with Crippen LogP contribution in [0.1, 0.15) is 68.3 Å². The molecule has 246 valence electrons. The Hall–Kier alpha value is -4.58. The van der Waals surface area contributed by atoms with Crippen molar-refractivity contribution in [2.75, 3.05) is 21.3 Å². The van der Waals surface area contributed by atoms with Gasteiger partial charge in [0.25, 0.3) is 5.56 Å². The monoisotopic (exact) mass is 633 g/mol. The third kappa shape index (κ3) is 7.12. The van der Waals surface area contributed by atoms with Crippen LogP contribution in [-0.2, 0) is 30.8 Å². The van der Waals surface area contributed by atoms with Crippen LogP contribution in [0.15, 0.2) is 46.0 Å². The molecule has 12 nitrogen and oxygen atoms in total. The lowest BCUT2D eigenvalue weighted by Gasteiger charge is -2.19. The van der Waals surface area contributed by atoms with Gasteiger partial charge in [0.05, 0.1) is 26.9 Å². The molecule has 5 rings (SSSR count). The molecule has 0 radical (unpaired) electrons. The van der Waals surface area contributed by atoms with Gasteiger partial charge in [0.2, 0.25) is 6.23 Å². The van der Waals surface area contributed by atoms with Gasteiger partial charge in [0.1, 0.15) is 34.3 Å². The molecule has 0 amide bonds. The number of H-pyrrole nitrogens is 1. The number of carbonyl (C=O) groups excluding carboxylic acids is 1. The van der Waals surface area contributed by atoms with E-state index in [2.05, 4.69) is 10.3 Å². The molecule has 0 saturated heterocycles. The van der Waals surface area contributed by atoms with Gasteiger partial charge in [0, 0.05) is 37.7 Å². The van der Waals surface area contributed by atoms with Crippen LogP contribution in [-0.4, -0.2) is 52.9 Å². The number of benzene rings is 2. The molecule has 12 heteroatoms. The number of nitrogens with zero attached hydrogens (tertiary/aromatic N) is 3. The second-order valence-corrected chi connectivity index (χ2v) is 11.5. The maximum absolute atomic E-state index is 13.4. The average molecular weight is 634 g/mol. The van der Waals surface area contributed by atoms with E-state index in [9.17, 15) is 14.4 Å². The minimum atomic E-state index is -0.904. The number of aldehydes is 1. The Morgan fingerprint density at radius 3 is 2.28 bits per heavy atom. The molecule has 1 unspecified atom stereocenters. The Morgan fingerprint density at radius 2 is 1.67 bits per heavy atom. The molecular formula is C34H43N5O7. The molecule has 0 aliphatic heterocycles. The number of imidazole rings is 1. The number of rotatable bonds is 16. The summed E-state index contributed by atoms with van der Waals surface area (Å²) in [5.41, 5.74) is 2.03. The van der Waals surface area contributed by atoms with E-state index in [1.165, 1.54) is 4.57 Å². The molecule has 2 aromatic carbocycles. The summed E-state index contributed by atoms with van der Waals surface area (Å²) in [7, 11) is 4.68. The Bertz CT molecular complexity index is 1730. The van der Waals surface area contributed by atoms with E-state index >= 15 is 0 Å². The van der Waals surface area contributed by atoms with Gasteiger partial charge >= 0.3 is 5.69 Å². The van der Waals surface area contributed by atoms with E-state index < -0.39 is 6.23 Å². The molecule has 4 aromatic rings. The van der Waals surface area contributed by atoms with Crippen molar-refractivity contribution in [1.82, 2.24) is 24.4 Å². The lowest BCUT2D eigenvalue weighted by atomic mass is 10.1. The molecule has 1 atom stereocenters. The van der Waals surface area contributed by atoms with Crippen molar-refractivity contribution in [2.45, 2.75) is 83.6 Å². The fourth-order valence-corrected chi connectivity index (χ4v) is 6.09. The molecular weight excluding hydrogens is 590 g/mol. The van der Waals surface area contributed by atoms with Crippen molar-refractivity contribution >= 4 is 17.5 Å². The van der Waals surface area contributed by atoms with Gasteiger partial charge in [-0.05, 0) is 49.8 Å². The smallest absolute Gasteiger partial charge is 0.332 e. The summed E-state index contributed by atoms with van der Waals surface area (Å²) >= 11 is 0. The van der Waals surface area contributed by atoms with Crippen molar-refractivity contribution in [2.24, 2.45) is 0 Å². The van der Waals surface area contributed by atoms with Crippen molar-refractivity contribution in [3.63, 3.8) is 0 Å². The predicted octanol–water partition coefficient (Wildman–Crippen LogP) is 4.31. The van der Waals surface area contributed by atoms with E-state index in [1.54, 1.807) is 38.0 Å². The minimum Gasteiger partial charge on any atom is -0.496 e. The summed E-state index contributed by atoms with van der Waals surface area (Å²) in [5, 5.41) is 3.09. The van der Waals surface area contributed by atoms with E-state index in [0.29, 0.717) is 78.7 Å². The first-order valence-corrected chi connectivity index (χ1v) is 15.9. The lowest BCUT2D eigenvalue weighted by Crippen LogP contribution is -2.40. The summed E-state index contributed by atoms with van der Waals surface area (Å²) in [6, 6.07) is 11.0. The van der Waals surface area contributed by atoms with Crippen LogP contribution < -0.4 is 35.5 Å². The maximum atomic E-state index is 13.4. The van der Waals surface area contributed by atoms with Crippen LogP contribution in [0.25, 0.3) is 11.2 Å². The van der Waals surface area contributed by atoms with Crippen molar-refractivity contribution < 1.29 is 23.7 Å². The van der Waals surface area contributed by atoms with Crippen LogP contribution in [0.3, 0.4) is 0 Å². The number of nitrogens with one attached hydrogen (secondary N) is 2. The molecule has 2 heterocycles. The van der Waals surface area contributed by atoms with Gasteiger partial charge in [-0.25, -0.2) is 9.78 Å². The Balaban J connectivity index is 1.23. The summed E-state index contributed by atoms with van der Waals surface area (Å²) in [6.07, 6.45) is 6.24. The number of aromatic amines is 1. The van der Waals surface area contributed by atoms with Crippen LogP contribution in [0.4, 0.5) is 0 Å². The first kappa shape index (κ1) is 32.8. The fraction of sp³-hybridized carbons (Fsp3) is 0.471. The number of carbonyl (C=O) groups is 1. The molecule has 1 aliphatic carbocycles. The second kappa shape index (κ2) is 15.1. The van der Waals surface area contributed by atoms with Crippen molar-refractivity contribution in [1.29, 1.82) is 0 Å². The van der Waals surface area contributed by atoms with Gasteiger partial charge < -0.3 is 23.9 Å². The second-order valence-electron chi connectivity index (χ2n) is 11.5. The highest BCUT2D eigenvalue weighted by Gasteiger charge is 2.24. The molecule has 1 fully saturated rings. The zero-order valence-electron chi connectivity index (χ0n) is 27.0. The number of aryl methyl sites for hydroxylation is 2. The zero-order chi connectivity index (χ0) is 32.6. The standard InChI is InChI=1S/C34H43N5O7/c1-5-16-39-33(41)30-32(37-31(36-30)23-10-6-7-11-23)38(34(39)42)17-8-9-22-12-14-24(15-13-22)46-29(21-40)35-20-26-27(44-3)18-25(43-2)19-28(26)45-4/h12-15,18-19,21,23,29,35H,5-11,16-17,20H2,1-4H3,(H,36,37). The Labute approximate surface area is 267 Å². The minimum absolute atomic E-state index is 0.258. The normalized spacial score (nSPS) is 14.0. The lowest BCUT2D eigenvalue weighted by molar-refractivity contribution is -0.115. The molecule has 2 aromatic heterocycles. The van der Waals surface area contributed by atoms with Crippen molar-refractivity contribution in [3.8, 4) is 23.0 Å². The SMILES string of the molecule is CCCn1c(=O)c2[nH]c(C3CCCC3)nc2n(CCCc2ccc(OC(C=O)NCc3c(OC)cc(OC)cc3OC)cc2)c1=O. The topological polar surface area (TPSA) is 139 Å². The number of ether oxygens (including phenoxy) is 4. The van der Waals surface area contributed by atoms with Crippen LogP contribution in [0.5, 0.6) is 23.0 Å². The first-order valence-electron chi connectivity index (χ1n) is 15.9. The van der Waals surface area contributed by atoms with Gasteiger partial charge in [0.15, 0.2) is 11.9 Å². The van der Waals surface area contributed by atoms with E-state index in [4.69, 9.17) is 23.9 Å². The summed E-state index contributed by atoms with van der Waals surface area (Å²) in [4.78, 5) is 46.4. The third-order valence-electron chi connectivity index (χ3n) is 8.52. The summed E-state index contributed by atoms with van der Waals surface area (Å²) in [6.45, 7) is 3.01. The fourth-order valence-electron chi connectivity index (χ4n) is 6.09. The molecule has 1 saturated carbocycles. The van der Waals surface area contributed by atoms with E-state index in [0.717, 1.165) is 42.6 Å². The van der Waals surface area contributed by atoms with Gasteiger partial charge in [-0.15, -0.1) is 0 Å². The average Bonchev–Trinajstić information content (AvgIpc) is 3.78. The van der Waals surface area contributed by atoms with Crippen LogP contribution in [0.2, 0.25) is 0 Å². The highest BCUT2D eigenvalue weighted by atomic mass is 16.5. The molecule has 46 heavy (non-hydrogen) atoms. The number of hydrogen-bond donors (Lipinski definition) is 2.